The molecule has 0 unspecified atom stereocenters. The van der Waals surface area contributed by atoms with Crippen LogP contribution >= 0.6 is 0 Å². The predicted molar refractivity (Wildman–Crippen MR) is 110 cm³/mol. The van der Waals surface area contributed by atoms with Crippen LogP contribution in [0.4, 0.5) is 11.4 Å². The largest absolute Gasteiger partial charge is 0.490 e. The summed E-state index contributed by atoms with van der Waals surface area (Å²) in [5.41, 5.74) is 3.06. The van der Waals surface area contributed by atoms with Gasteiger partial charge in [0.05, 0.1) is 12.0 Å². The average Bonchev–Trinajstić information content (AvgIpc) is 3.18. The van der Waals surface area contributed by atoms with E-state index in [1.807, 2.05) is 13.0 Å². The highest BCUT2D eigenvalue weighted by Gasteiger charge is 2.19. The van der Waals surface area contributed by atoms with Crippen LogP contribution in [0.1, 0.15) is 15.9 Å². The predicted octanol–water partition coefficient (Wildman–Crippen LogP) is 4.37. The molecule has 150 valence electrons. The lowest BCUT2D eigenvalue weighted by Crippen LogP contribution is -2.13. The SMILES string of the molecule is COc1ccc(C(=O)Nc2ccc(-c3nc4ncccc4o3)cc2C)cc1[N+](=O)[O-]. The van der Waals surface area contributed by atoms with Gasteiger partial charge in [-0.3, -0.25) is 14.9 Å². The van der Waals surface area contributed by atoms with Gasteiger partial charge in [0.25, 0.3) is 5.91 Å². The number of hydrogen-bond donors (Lipinski definition) is 1. The number of fused-ring (bicyclic) bond motifs is 1. The van der Waals surface area contributed by atoms with Crippen molar-refractivity contribution in [1.29, 1.82) is 0 Å². The highest BCUT2D eigenvalue weighted by atomic mass is 16.6. The Hall–Kier alpha value is -4.27. The maximum atomic E-state index is 12.6. The second kappa shape index (κ2) is 7.63. The fraction of sp³-hybridized carbons (Fsp3) is 0.0952. The molecule has 0 bridgehead atoms. The maximum Gasteiger partial charge on any atom is 0.311 e. The van der Waals surface area contributed by atoms with E-state index in [9.17, 15) is 14.9 Å². The lowest BCUT2D eigenvalue weighted by atomic mass is 10.1. The molecule has 9 nitrogen and oxygen atoms in total. The number of oxazole rings is 1. The Balaban J connectivity index is 1.59. The van der Waals surface area contributed by atoms with E-state index in [1.165, 1.54) is 25.3 Å². The van der Waals surface area contributed by atoms with Crippen molar-refractivity contribution in [3.8, 4) is 17.2 Å². The monoisotopic (exact) mass is 404 g/mol. The Kier molecular flexibility index (Phi) is 4.85. The van der Waals surface area contributed by atoms with Crippen LogP contribution in [0.15, 0.2) is 59.1 Å². The quantitative estimate of drug-likeness (QED) is 0.387. The van der Waals surface area contributed by atoms with Crippen LogP contribution < -0.4 is 10.1 Å². The number of anilines is 1. The molecule has 2 heterocycles. The van der Waals surface area contributed by atoms with Crippen LogP contribution in [0, 0.1) is 17.0 Å². The number of carbonyl (C=O) groups is 1. The van der Waals surface area contributed by atoms with E-state index in [-0.39, 0.29) is 17.0 Å². The van der Waals surface area contributed by atoms with Gasteiger partial charge in [-0.15, -0.1) is 0 Å². The second-order valence-corrected chi connectivity index (χ2v) is 6.47. The molecule has 0 atom stereocenters. The average molecular weight is 404 g/mol. The molecular formula is C21H16N4O5. The first-order valence-electron chi connectivity index (χ1n) is 8.92. The molecule has 0 fully saturated rings. The number of nitrogens with one attached hydrogen (secondary N) is 1. The minimum absolute atomic E-state index is 0.0879. The molecule has 0 aliphatic rings. The van der Waals surface area contributed by atoms with Gasteiger partial charge in [0, 0.05) is 29.1 Å². The van der Waals surface area contributed by atoms with Crippen molar-refractivity contribution in [3.05, 3.63) is 76.0 Å². The van der Waals surface area contributed by atoms with E-state index in [0.717, 1.165) is 11.1 Å². The van der Waals surface area contributed by atoms with Gasteiger partial charge in [-0.25, -0.2) is 4.98 Å². The van der Waals surface area contributed by atoms with Crippen molar-refractivity contribution in [3.63, 3.8) is 0 Å². The second-order valence-electron chi connectivity index (χ2n) is 6.47. The lowest BCUT2D eigenvalue weighted by molar-refractivity contribution is -0.385. The Morgan fingerprint density at radius 2 is 2.03 bits per heavy atom. The summed E-state index contributed by atoms with van der Waals surface area (Å²) in [6.45, 7) is 1.83. The molecule has 0 spiro atoms. The Morgan fingerprint density at radius 3 is 2.73 bits per heavy atom. The highest BCUT2D eigenvalue weighted by Crippen LogP contribution is 2.29. The molecule has 4 aromatic rings. The summed E-state index contributed by atoms with van der Waals surface area (Å²) in [5.74, 6) is 0.0445. The van der Waals surface area contributed by atoms with Crippen LogP contribution in [-0.4, -0.2) is 27.9 Å². The molecular weight excluding hydrogens is 388 g/mol. The summed E-state index contributed by atoms with van der Waals surface area (Å²) >= 11 is 0. The van der Waals surface area contributed by atoms with Gasteiger partial charge in [0.15, 0.2) is 17.0 Å². The Labute approximate surface area is 170 Å². The van der Waals surface area contributed by atoms with Crippen LogP contribution in [0.3, 0.4) is 0 Å². The zero-order valence-electron chi connectivity index (χ0n) is 16.1. The Bertz CT molecular complexity index is 1250. The van der Waals surface area contributed by atoms with Gasteiger partial charge in [0.2, 0.25) is 5.89 Å². The minimum atomic E-state index is -0.592. The summed E-state index contributed by atoms with van der Waals surface area (Å²) in [4.78, 5) is 31.7. The third-order valence-corrected chi connectivity index (χ3v) is 4.52. The number of pyridine rings is 1. The van der Waals surface area contributed by atoms with Crippen LogP contribution in [0.2, 0.25) is 0 Å². The molecule has 2 aromatic heterocycles. The molecule has 1 amide bonds. The summed E-state index contributed by atoms with van der Waals surface area (Å²) in [6.07, 6.45) is 1.64. The number of nitro groups is 1. The standard InChI is InChI=1S/C21H16N4O5/c1-12-10-14(21-24-19-18(30-21)4-3-9-22-19)5-7-15(12)23-20(26)13-6-8-17(29-2)16(11-13)25(27)28/h3-11H,1-2H3,(H,23,26). The third kappa shape index (κ3) is 3.55. The molecule has 0 saturated carbocycles. The van der Waals surface area contributed by atoms with E-state index in [0.29, 0.717) is 22.8 Å². The van der Waals surface area contributed by atoms with E-state index >= 15 is 0 Å². The van der Waals surface area contributed by atoms with Gasteiger partial charge in [-0.2, -0.15) is 4.98 Å². The number of nitro benzene ring substituents is 1. The van der Waals surface area contributed by atoms with Gasteiger partial charge < -0.3 is 14.5 Å². The number of aromatic nitrogens is 2. The number of aryl methyl sites for hydroxylation is 1. The van der Waals surface area contributed by atoms with Gasteiger partial charge in [0.1, 0.15) is 0 Å². The molecule has 2 aromatic carbocycles. The van der Waals surface area contributed by atoms with Crippen LogP contribution in [-0.2, 0) is 0 Å². The van der Waals surface area contributed by atoms with Gasteiger partial charge >= 0.3 is 5.69 Å². The molecule has 0 aliphatic heterocycles. The summed E-state index contributed by atoms with van der Waals surface area (Å²) in [5, 5.41) is 13.9. The Morgan fingerprint density at radius 1 is 1.20 bits per heavy atom. The number of rotatable bonds is 5. The van der Waals surface area contributed by atoms with E-state index in [1.54, 1.807) is 30.5 Å². The molecule has 0 saturated heterocycles. The number of benzene rings is 2. The first kappa shape index (κ1) is 19.1. The van der Waals surface area contributed by atoms with Crippen molar-refractivity contribution < 1.29 is 18.9 Å². The van der Waals surface area contributed by atoms with E-state index < -0.39 is 10.8 Å². The van der Waals surface area contributed by atoms with Crippen molar-refractivity contribution >= 4 is 28.5 Å². The molecule has 1 N–H and O–H groups in total. The minimum Gasteiger partial charge on any atom is -0.490 e. The lowest BCUT2D eigenvalue weighted by Gasteiger charge is -2.10. The molecule has 0 aliphatic carbocycles. The number of carbonyl (C=O) groups excluding carboxylic acids is 1. The van der Waals surface area contributed by atoms with Gasteiger partial charge in [-0.1, -0.05) is 0 Å². The fourth-order valence-electron chi connectivity index (χ4n) is 3.00. The maximum absolute atomic E-state index is 12.6. The van der Waals surface area contributed by atoms with E-state index in [2.05, 4.69) is 15.3 Å². The molecule has 30 heavy (non-hydrogen) atoms. The van der Waals surface area contributed by atoms with Gasteiger partial charge in [-0.05, 0) is 55.0 Å². The smallest absolute Gasteiger partial charge is 0.311 e. The highest BCUT2D eigenvalue weighted by molar-refractivity contribution is 6.05. The van der Waals surface area contributed by atoms with Crippen molar-refractivity contribution in [2.45, 2.75) is 6.92 Å². The fourth-order valence-corrected chi connectivity index (χ4v) is 3.00. The van der Waals surface area contributed by atoms with Crippen molar-refractivity contribution in [1.82, 2.24) is 9.97 Å². The molecule has 9 heteroatoms. The zero-order chi connectivity index (χ0) is 21.3. The zero-order valence-corrected chi connectivity index (χ0v) is 16.1. The number of amides is 1. The van der Waals surface area contributed by atoms with Crippen LogP contribution in [0.5, 0.6) is 5.75 Å². The number of ether oxygens (including phenoxy) is 1. The first-order chi connectivity index (χ1) is 14.5. The number of methoxy groups -OCH3 is 1. The number of hydrogen-bond acceptors (Lipinski definition) is 7. The molecule has 0 radical (unpaired) electrons. The topological polar surface area (TPSA) is 120 Å². The summed E-state index contributed by atoms with van der Waals surface area (Å²) in [6, 6.07) is 12.9. The number of nitrogens with zero attached hydrogens (tertiary/aromatic N) is 3. The van der Waals surface area contributed by atoms with Crippen molar-refractivity contribution in [2.75, 3.05) is 12.4 Å². The summed E-state index contributed by atoms with van der Waals surface area (Å²) in [7, 11) is 1.33. The van der Waals surface area contributed by atoms with E-state index in [4.69, 9.17) is 9.15 Å². The normalized spacial score (nSPS) is 10.7. The third-order valence-electron chi connectivity index (χ3n) is 4.52. The molecule has 4 rings (SSSR count). The first-order valence-corrected chi connectivity index (χ1v) is 8.92. The van der Waals surface area contributed by atoms with Crippen LogP contribution in [0.25, 0.3) is 22.7 Å². The van der Waals surface area contributed by atoms with Crippen molar-refractivity contribution in [2.24, 2.45) is 0 Å². The summed E-state index contributed by atoms with van der Waals surface area (Å²) < 4.78 is 10.7.